The van der Waals surface area contributed by atoms with Crippen LogP contribution in [0.25, 0.3) is 0 Å². The summed E-state index contributed by atoms with van der Waals surface area (Å²) < 4.78 is 5.32. The molecule has 0 N–H and O–H groups in total. The summed E-state index contributed by atoms with van der Waals surface area (Å²) in [7, 11) is 0. The largest absolute Gasteiger partial charge is 0.344 e. The van der Waals surface area contributed by atoms with E-state index in [0.717, 1.165) is 11.3 Å². The smallest absolute Gasteiger partial charge is 0.207 e. The molecule has 1 aromatic carbocycles. The Balaban J connectivity index is 2.02. The minimum Gasteiger partial charge on any atom is -0.344 e. The van der Waals surface area contributed by atoms with Gasteiger partial charge in [0.2, 0.25) is 6.29 Å². The van der Waals surface area contributed by atoms with E-state index in [9.17, 15) is 0 Å². The van der Waals surface area contributed by atoms with Crippen molar-refractivity contribution in [1.82, 2.24) is 0 Å². The van der Waals surface area contributed by atoms with Crippen LogP contribution in [0.3, 0.4) is 0 Å². The molecular weight excluding hydrogens is 182 g/mol. The molecule has 0 spiro atoms. The first-order chi connectivity index (χ1) is 6.90. The number of ether oxygens (including phenoxy) is 1. The van der Waals surface area contributed by atoms with Crippen molar-refractivity contribution in [2.24, 2.45) is 0 Å². The monoisotopic (exact) mass is 194 g/mol. The highest BCUT2D eigenvalue weighted by molar-refractivity contribution is 5.33. The van der Waals surface area contributed by atoms with Crippen LogP contribution in [0.15, 0.2) is 36.9 Å². The fraction of sp³-hybridized carbons (Fsp3) is 0.273. The van der Waals surface area contributed by atoms with Crippen molar-refractivity contribution in [3.63, 3.8) is 0 Å². The number of para-hydroxylation sites is 1. The average Bonchev–Trinajstić information content (AvgIpc) is 2.26. The SMILES string of the molecule is C=CCO[14CH]1Cc2ccccc2OO1. The van der Waals surface area contributed by atoms with Gasteiger partial charge in [-0.3, -0.25) is 0 Å². The summed E-state index contributed by atoms with van der Waals surface area (Å²) in [6.45, 7) is 4.04. The Bertz CT molecular complexity index is 322. The van der Waals surface area contributed by atoms with E-state index in [2.05, 4.69) is 6.58 Å². The maximum Gasteiger partial charge on any atom is 0.207 e. The van der Waals surface area contributed by atoms with Crippen molar-refractivity contribution in [2.75, 3.05) is 6.61 Å². The number of hydrogen-bond donors (Lipinski definition) is 0. The van der Waals surface area contributed by atoms with Crippen LogP contribution in [0.1, 0.15) is 5.56 Å². The van der Waals surface area contributed by atoms with Gasteiger partial charge in [-0.05, 0) is 6.07 Å². The second-order valence-corrected chi connectivity index (χ2v) is 3.04. The lowest BCUT2D eigenvalue weighted by Crippen LogP contribution is -2.26. The van der Waals surface area contributed by atoms with Crippen molar-refractivity contribution < 1.29 is 14.5 Å². The second kappa shape index (κ2) is 4.26. The molecule has 74 valence electrons. The van der Waals surface area contributed by atoms with E-state index in [1.54, 1.807) is 6.08 Å². The van der Waals surface area contributed by atoms with Gasteiger partial charge in [-0.2, -0.15) is 4.89 Å². The minimum atomic E-state index is -0.331. The molecule has 1 aliphatic rings. The minimum absolute atomic E-state index is 0.331. The zero-order valence-corrected chi connectivity index (χ0v) is 7.81. The zero-order chi connectivity index (χ0) is 9.80. The Morgan fingerprint density at radius 3 is 3.21 bits per heavy atom. The van der Waals surface area contributed by atoms with Crippen LogP contribution in [0.2, 0.25) is 0 Å². The van der Waals surface area contributed by atoms with E-state index >= 15 is 0 Å². The third-order valence-electron chi connectivity index (χ3n) is 2.00. The van der Waals surface area contributed by atoms with Gasteiger partial charge >= 0.3 is 0 Å². The third kappa shape index (κ3) is 1.95. The van der Waals surface area contributed by atoms with E-state index in [4.69, 9.17) is 14.5 Å². The summed E-state index contributed by atoms with van der Waals surface area (Å²) in [5.41, 5.74) is 1.10. The van der Waals surface area contributed by atoms with Crippen molar-refractivity contribution in [3.05, 3.63) is 42.5 Å². The van der Waals surface area contributed by atoms with Gasteiger partial charge < -0.3 is 9.62 Å². The second-order valence-electron chi connectivity index (χ2n) is 3.04. The molecule has 0 fully saturated rings. The molecule has 1 aliphatic heterocycles. The average molecular weight is 194 g/mol. The molecule has 1 unspecified atom stereocenters. The molecule has 1 heterocycles. The third-order valence-corrected chi connectivity index (χ3v) is 2.00. The van der Waals surface area contributed by atoms with E-state index < -0.39 is 0 Å². The van der Waals surface area contributed by atoms with Crippen LogP contribution in [0.5, 0.6) is 5.75 Å². The summed E-state index contributed by atoms with van der Waals surface area (Å²) in [5, 5.41) is 0. The Labute approximate surface area is 82.8 Å². The van der Waals surface area contributed by atoms with E-state index in [0.29, 0.717) is 13.0 Å². The van der Waals surface area contributed by atoms with E-state index in [-0.39, 0.29) is 6.29 Å². The molecule has 0 amide bonds. The predicted octanol–water partition coefficient (Wildman–Crippen LogP) is 2.08. The topological polar surface area (TPSA) is 27.7 Å². The lowest BCUT2D eigenvalue weighted by atomic mass is 10.2. The van der Waals surface area contributed by atoms with Crippen LogP contribution >= 0.6 is 0 Å². The Morgan fingerprint density at radius 2 is 2.36 bits per heavy atom. The number of rotatable bonds is 3. The van der Waals surface area contributed by atoms with Gasteiger partial charge in [0, 0.05) is 12.0 Å². The molecule has 0 saturated heterocycles. The molecule has 14 heavy (non-hydrogen) atoms. The lowest BCUT2D eigenvalue weighted by Gasteiger charge is -2.23. The summed E-state index contributed by atoms with van der Waals surface area (Å²) in [4.78, 5) is 10.1. The highest BCUT2D eigenvalue weighted by Gasteiger charge is 2.20. The van der Waals surface area contributed by atoms with Crippen molar-refractivity contribution >= 4 is 0 Å². The summed E-state index contributed by atoms with van der Waals surface area (Å²) >= 11 is 0. The molecule has 1 atom stereocenters. The first-order valence-corrected chi connectivity index (χ1v) is 4.54. The van der Waals surface area contributed by atoms with E-state index in [1.165, 1.54) is 0 Å². The van der Waals surface area contributed by atoms with Crippen LogP contribution in [0.4, 0.5) is 0 Å². The van der Waals surface area contributed by atoms with Crippen LogP contribution < -0.4 is 4.89 Å². The standard InChI is InChI=1S/C11H12O3/c1-2-7-12-11-8-9-5-3-4-6-10(9)13-14-11/h2-6,11H,1,7-8H2/i11+2. The van der Waals surface area contributed by atoms with Gasteiger partial charge in [0.25, 0.3) is 0 Å². The van der Waals surface area contributed by atoms with Crippen molar-refractivity contribution in [3.8, 4) is 5.75 Å². The number of benzene rings is 1. The molecule has 0 bridgehead atoms. The fourth-order valence-electron chi connectivity index (χ4n) is 1.33. The van der Waals surface area contributed by atoms with Crippen LogP contribution in [0, 0.1) is 0 Å². The van der Waals surface area contributed by atoms with Crippen molar-refractivity contribution in [1.29, 1.82) is 0 Å². The first kappa shape index (κ1) is 9.24. The normalized spacial score (nSPS) is 19.6. The molecular formula is C11H12O3. The quantitative estimate of drug-likeness (QED) is 0.544. The molecule has 3 heteroatoms. The van der Waals surface area contributed by atoms with Gasteiger partial charge in [-0.1, -0.05) is 24.3 Å². The lowest BCUT2D eigenvalue weighted by molar-refractivity contribution is -0.325. The first-order valence-electron chi connectivity index (χ1n) is 4.54. The van der Waals surface area contributed by atoms with E-state index in [1.807, 2.05) is 24.3 Å². The maximum atomic E-state index is 5.32. The highest BCUT2D eigenvalue weighted by atomic mass is 17.3. The molecule has 3 nitrogen and oxygen atoms in total. The molecule has 1 aromatic rings. The summed E-state index contributed by atoms with van der Waals surface area (Å²) in [5.74, 6) is 0.769. The molecule has 0 saturated carbocycles. The highest BCUT2D eigenvalue weighted by Crippen LogP contribution is 2.25. The zero-order valence-electron chi connectivity index (χ0n) is 7.81. The Kier molecular flexibility index (Phi) is 2.81. The molecule has 2 rings (SSSR count). The van der Waals surface area contributed by atoms with Crippen LogP contribution in [-0.2, 0) is 16.0 Å². The molecule has 0 aromatic heterocycles. The fourth-order valence-corrected chi connectivity index (χ4v) is 1.33. The van der Waals surface area contributed by atoms with Gasteiger partial charge in [0.1, 0.15) is 0 Å². The van der Waals surface area contributed by atoms with Gasteiger partial charge in [0.05, 0.1) is 6.61 Å². The predicted molar refractivity (Wildman–Crippen MR) is 51.8 cm³/mol. The van der Waals surface area contributed by atoms with Gasteiger partial charge in [-0.15, -0.1) is 6.58 Å². The van der Waals surface area contributed by atoms with Gasteiger partial charge in [-0.25, -0.2) is 0 Å². The van der Waals surface area contributed by atoms with Crippen molar-refractivity contribution in [2.45, 2.75) is 12.7 Å². The Morgan fingerprint density at radius 1 is 1.50 bits per heavy atom. The number of fused-ring (bicyclic) bond motifs is 1. The molecule has 0 radical (unpaired) electrons. The van der Waals surface area contributed by atoms with Crippen LogP contribution in [-0.4, -0.2) is 12.9 Å². The summed E-state index contributed by atoms with van der Waals surface area (Å²) in [6, 6.07) is 7.76. The number of hydrogen-bond acceptors (Lipinski definition) is 3. The van der Waals surface area contributed by atoms with Gasteiger partial charge in [0.15, 0.2) is 5.75 Å². The maximum absolute atomic E-state index is 5.32. The summed E-state index contributed by atoms with van der Waals surface area (Å²) in [6.07, 6.45) is 2.07. The Hall–Kier alpha value is -1.32. The molecule has 0 aliphatic carbocycles.